The van der Waals surface area contributed by atoms with Gasteiger partial charge in [0.25, 0.3) is 5.91 Å². The zero-order valence-electron chi connectivity index (χ0n) is 12.6. The summed E-state index contributed by atoms with van der Waals surface area (Å²) in [5.41, 5.74) is 2.85. The van der Waals surface area contributed by atoms with Crippen molar-refractivity contribution in [3.63, 3.8) is 0 Å². The van der Waals surface area contributed by atoms with Crippen molar-refractivity contribution in [3.8, 4) is 0 Å². The summed E-state index contributed by atoms with van der Waals surface area (Å²) >= 11 is 0. The molecule has 1 saturated heterocycles. The highest BCUT2D eigenvalue weighted by Gasteiger charge is 2.24. The van der Waals surface area contributed by atoms with Gasteiger partial charge in [-0.25, -0.2) is 0 Å². The second-order valence-corrected chi connectivity index (χ2v) is 5.97. The molecule has 3 rings (SSSR count). The maximum atomic E-state index is 12.6. The molecule has 2 aliphatic heterocycles. The predicted molar refractivity (Wildman–Crippen MR) is 82.5 cm³/mol. The van der Waals surface area contributed by atoms with E-state index in [1.807, 2.05) is 23.1 Å². The normalized spacial score (nSPS) is 18.3. The van der Waals surface area contributed by atoms with Gasteiger partial charge in [-0.3, -0.25) is 9.59 Å². The average Bonchev–Trinajstić information content (AvgIpc) is 2.72. The number of hydrogen-bond donors (Lipinski definition) is 0. The SMILES string of the molecule is CC(=O)N1CCc2cc(C(=O)N3CCCCCC3)ccc21. The molecule has 0 aromatic heterocycles. The van der Waals surface area contributed by atoms with Crippen LogP contribution in [0, 0.1) is 0 Å². The molecule has 4 heteroatoms. The monoisotopic (exact) mass is 286 g/mol. The van der Waals surface area contributed by atoms with E-state index in [0.717, 1.165) is 55.7 Å². The van der Waals surface area contributed by atoms with Crippen LogP contribution in [0.5, 0.6) is 0 Å². The number of carbonyl (C=O) groups is 2. The first-order valence-corrected chi connectivity index (χ1v) is 7.87. The van der Waals surface area contributed by atoms with Crippen LogP contribution in [0.2, 0.25) is 0 Å². The average molecular weight is 286 g/mol. The largest absolute Gasteiger partial charge is 0.339 e. The van der Waals surface area contributed by atoms with Gasteiger partial charge in [-0.05, 0) is 43.0 Å². The highest BCUT2D eigenvalue weighted by atomic mass is 16.2. The Morgan fingerprint density at radius 3 is 2.38 bits per heavy atom. The van der Waals surface area contributed by atoms with Crippen LogP contribution in [0.25, 0.3) is 0 Å². The van der Waals surface area contributed by atoms with E-state index in [-0.39, 0.29) is 11.8 Å². The van der Waals surface area contributed by atoms with Crippen molar-refractivity contribution in [2.45, 2.75) is 39.0 Å². The highest BCUT2D eigenvalue weighted by Crippen LogP contribution is 2.29. The van der Waals surface area contributed by atoms with Crippen molar-refractivity contribution >= 4 is 17.5 Å². The van der Waals surface area contributed by atoms with Gasteiger partial charge in [0.1, 0.15) is 0 Å². The molecule has 2 aliphatic rings. The minimum atomic E-state index is 0.0698. The fourth-order valence-corrected chi connectivity index (χ4v) is 3.32. The predicted octanol–water partition coefficient (Wildman–Crippen LogP) is 2.61. The zero-order valence-corrected chi connectivity index (χ0v) is 12.6. The Bertz CT molecular complexity index is 560. The molecular weight excluding hydrogens is 264 g/mol. The lowest BCUT2D eigenvalue weighted by atomic mass is 10.1. The van der Waals surface area contributed by atoms with Gasteiger partial charge < -0.3 is 9.80 Å². The van der Waals surface area contributed by atoms with Gasteiger partial charge in [-0.2, -0.15) is 0 Å². The lowest BCUT2D eigenvalue weighted by Gasteiger charge is -2.21. The number of rotatable bonds is 1. The molecule has 1 aromatic carbocycles. The van der Waals surface area contributed by atoms with Crippen LogP contribution in [0.1, 0.15) is 48.5 Å². The minimum Gasteiger partial charge on any atom is -0.339 e. The molecule has 0 spiro atoms. The fourth-order valence-electron chi connectivity index (χ4n) is 3.32. The Labute approximate surface area is 125 Å². The Morgan fingerprint density at radius 1 is 1.00 bits per heavy atom. The summed E-state index contributed by atoms with van der Waals surface area (Å²) < 4.78 is 0. The third-order valence-corrected chi connectivity index (χ3v) is 4.50. The van der Waals surface area contributed by atoms with Gasteiger partial charge in [-0.1, -0.05) is 12.8 Å². The Hall–Kier alpha value is -1.84. The number of anilines is 1. The molecule has 1 fully saturated rings. The summed E-state index contributed by atoms with van der Waals surface area (Å²) in [5.74, 6) is 0.210. The molecular formula is C17H22N2O2. The van der Waals surface area contributed by atoms with E-state index < -0.39 is 0 Å². The molecule has 0 saturated carbocycles. The Balaban J connectivity index is 1.81. The van der Waals surface area contributed by atoms with Crippen molar-refractivity contribution < 1.29 is 9.59 Å². The first-order valence-electron chi connectivity index (χ1n) is 7.87. The number of likely N-dealkylation sites (tertiary alicyclic amines) is 1. The van der Waals surface area contributed by atoms with E-state index in [1.54, 1.807) is 11.8 Å². The van der Waals surface area contributed by atoms with Crippen molar-refractivity contribution in [2.75, 3.05) is 24.5 Å². The number of amides is 2. The number of nitrogens with zero attached hydrogens (tertiary/aromatic N) is 2. The second-order valence-electron chi connectivity index (χ2n) is 5.97. The topological polar surface area (TPSA) is 40.6 Å². The summed E-state index contributed by atoms with van der Waals surface area (Å²) in [7, 11) is 0. The van der Waals surface area contributed by atoms with Crippen molar-refractivity contribution in [1.82, 2.24) is 4.90 Å². The van der Waals surface area contributed by atoms with Crippen LogP contribution in [0.4, 0.5) is 5.69 Å². The number of fused-ring (bicyclic) bond motifs is 1. The molecule has 2 amide bonds. The molecule has 4 nitrogen and oxygen atoms in total. The van der Waals surface area contributed by atoms with Gasteiger partial charge in [0.05, 0.1) is 0 Å². The van der Waals surface area contributed by atoms with E-state index in [4.69, 9.17) is 0 Å². The minimum absolute atomic E-state index is 0.0698. The molecule has 0 unspecified atom stereocenters. The first-order chi connectivity index (χ1) is 10.2. The van der Waals surface area contributed by atoms with Crippen LogP contribution < -0.4 is 4.90 Å². The molecule has 0 bridgehead atoms. The standard InChI is InChI=1S/C17H22N2O2/c1-13(20)19-11-8-14-12-15(6-7-16(14)19)17(21)18-9-4-2-3-5-10-18/h6-7,12H,2-5,8-11H2,1H3. The van der Waals surface area contributed by atoms with Crippen LogP contribution in [-0.4, -0.2) is 36.3 Å². The Kier molecular flexibility index (Phi) is 3.95. The van der Waals surface area contributed by atoms with Crippen molar-refractivity contribution in [2.24, 2.45) is 0 Å². The van der Waals surface area contributed by atoms with Crippen LogP contribution in [-0.2, 0) is 11.2 Å². The van der Waals surface area contributed by atoms with E-state index in [9.17, 15) is 9.59 Å². The number of hydrogen-bond acceptors (Lipinski definition) is 2. The summed E-state index contributed by atoms with van der Waals surface area (Å²) in [6, 6.07) is 5.77. The van der Waals surface area contributed by atoms with E-state index >= 15 is 0 Å². The van der Waals surface area contributed by atoms with Gasteiger partial charge in [0.15, 0.2) is 0 Å². The fraction of sp³-hybridized carbons (Fsp3) is 0.529. The third kappa shape index (κ3) is 2.80. The Morgan fingerprint density at radius 2 is 1.71 bits per heavy atom. The molecule has 0 radical (unpaired) electrons. The van der Waals surface area contributed by atoms with Crippen LogP contribution >= 0.6 is 0 Å². The molecule has 2 heterocycles. The highest BCUT2D eigenvalue weighted by molar-refractivity contribution is 5.97. The molecule has 1 aromatic rings. The summed E-state index contributed by atoms with van der Waals surface area (Å²) in [6.45, 7) is 4.06. The smallest absolute Gasteiger partial charge is 0.253 e. The molecule has 0 atom stereocenters. The molecule has 21 heavy (non-hydrogen) atoms. The number of benzene rings is 1. The summed E-state index contributed by atoms with van der Waals surface area (Å²) in [6.07, 6.45) is 5.50. The van der Waals surface area contributed by atoms with Crippen molar-refractivity contribution in [3.05, 3.63) is 29.3 Å². The first kappa shape index (κ1) is 14.1. The zero-order chi connectivity index (χ0) is 14.8. The van der Waals surface area contributed by atoms with Crippen molar-refractivity contribution in [1.29, 1.82) is 0 Å². The van der Waals surface area contributed by atoms with Crippen LogP contribution in [0.15, 0.2) is 18.2 Å². The lowest BCUT2D eigenvalue weighted by molar-refractivity contribution is -0.116. The van der Waals surface area contributed by atoms with E-state index in [0.29, 0.717) is 0 Å². The molecule has 112 valence electrons. The maximum absolute atomic E-state index is 12.6. The molecule has 0 aliphatic carbocycles. The molecule has 0 N–H and O–H groups in total. The lowest BCUT2D eigenvalue weighted by Crippen LogP contribution is -2.31. The van der Waals surface area contributed by atoms with Gasteiger partial charge in [0.2, 0.25) is 5.91 Å². The van der Waals surface area contributed by atoms with Gasteiger partial charge >= 0.3 is 0 Å². The second kappa shape index (κ2) is 5.88. The van der Waals surface area contributed by atoms with Crippen LogP contribution in [0.3, 0.4) is 0 Å². The summed E-state index contributed by atoms with van der Waals surface area (Å²) in [4.78, 5) is 27.9. The maximum Gasteiger partial charge on any atom is 0.253 e. The van der Waals surface area contributed by atoms with Gasteiger partial charge in [-0.15, -0.1) is 0 Å². The van der Waals surface area contributed by atoms with Gasteiger partial charge in [0, 0.05) is 37.8 Å². The quantitative estimate of drug-likeness (QED) is 0.796. The van der Waals surface area contributed by atoms with E-state index in [2.05, 4.69) is 0 Å². The third-order valence-electron chi connectivity index (χ3n) is 4.50. The summed E-state index contributed by atoms with van der Waals surface area (Å²) in [5, 5.41) is 0. The number of carbonyl (C=O) groups excluding carboxylic acids is 2. The van der Waals surface area contributed by atoms with E-state index in [1.165, 1.54) is 12.8 Å².